The van der Waals surface area contributed by atoms with E-state index >= 15 is 0 Å². The predicted octanol–water partition coefficient (Wildman–Crippen LogP) is 3.21. The van der Waals surface area contributed by atoms with E-state index in [1.54, 1.807) is 0 Å². The number of alkyl carbamates (subject to hydrolysis) is 1. The topological polar surface area (TPSA) is 54.5 Å². The summed E-state index contributed by atoms with van der Waals surface area (Å²) < 4.78 is 5.56. The maximum atomic E-state index is 11.4. The van der Waals surface area contributed by atoms with Gasteiger partial charge in [-0.15, -0.1) is 0 Å². The number of likely N-dealkylation sites (tertiary alicyclic amines) is 1. The Morgan fingerprint density at radius 2 is 2.12 bits per heavy atom. The number of hydrogen-bond acceptors (Lipinski definition) is 4. The van der Waals surface area contributed by atoms with Crippen molar-refractivity contribution in [3.8, 4) is 11.3 Å². The van der Waals surface area contributed by atoms with E-state index < -0.39 is 0 Å². The Morgan fingerprint density at radius 1 is 1.16 bits per heavy atom. The summed E-state index contributed by atoms with van der Waals surface area (Å²) in [5.41, 5.74) is 3.16. The molecule has 1 unspecified atom stereocenters. The number of carbonyl (C=O) groups is 1. The summed E-state index contributed by atoms with van der Waals surface area (Å²) in [5, 5.41) is 2.81. The van der Waals surface area contributed by atoms with Gasteiger partial charge in [-0.3, -0.25) is 9.88 Å². The number of pyridine rings is 1. The number of nitrogens with zero attached hydrogens (tertiary/aromatic N) is 2. The molecule has 2 aliphatic rings. The molecule has 2 saturated heterocycles. The number of ether oxygens (including phenoxy) is 1. The first-order valence-corrected chi connectivity index (χ1v) is 8.92. The quantitative estimate of drug-likeness (QED) is 0.934. The van der Waals surface area contributed by atoms with E-state index in [9.17, 15) is 4.79 Å². The molecule has 0 aliphatic carbocycles. The van der Waals surface area contributed by atoms with E-state index in [-0.39, 0.29) is 11.7 Å². The summed E-state index contributed by atoms with van der Waals surface area (Å²) in [6, 6.07) is 14.6. The molecule has 1 aromatic heterocycles. The third kappa shape index (κ3) is 3.66. The summed E-state index contributed by atoms with van der Waals surface area (Å²) in [6.07, 6.45) is 4.45. The molecule has 0 radical (unpaired) electrons. The van der Waals surface area contributed by atoms with E-state index in [1.807, 2.05) is 24.4 Å². The van der Waals surface area contributed by atoms with Crippen LogP contribution in [0.5, 0.6) is 0 Å². The molecule has 2 aromatic rings. The van der Waals surface area contributed by atoms with Gasteiger partial charge in [0.2, 0.25) is 0 Å². The highest BCUT2D eigenvalue weighted by Gasteiger charge is 2.41. The van der Waals surface area contributed by atoms with Crippen molar-refractivity contribution >= 4 is 6.09 Å². The summed E-state index contributed by atoms with van der Waals surface area (Å²) >= 11 is 0. The Labute approximate surface area is 148 Å². The molecule has 0 bridgehead atoms. The van der Waals surface area contributed by atoms with Crippen molar-refractivity contribution in [1.29, 1.82) is 0 Å². The number of rotatable bonds is 3. The van der Waals surface area contributed by atoms with Gasteiger partial charge in [-0.1, -0.05) is 24.3 Å². The second-order valence-corrected chi connectivity index (χ2v) is 6.97. The zero-order valence-corrected chi connectivity index (χ0v) is 14.3. The molecule has 3 heterocycles. The highest BCUT2D eigenvalue weighted by atomic mass is 16.6. The Hall–Kier alpha value is -2.40. The van der Waals surface area contributed by atoms with Gasteiger partial charge >= 0.3 is 6.09 Å². The van der Waals surface area contributed by atoms with E-state index in [1.165, 1.54) is 5.56 Å². The van der Waals surface area contributed by atoms with Crippen LogP contribution >= 0.6 is 0 Å². The van der Waals surface area contributed by atoms with Crippen LogP contribution in [0, 0.1) is 0 Å². The fourth-order valence-corrected chi connectivity index (χ4v) is 3.78. The fourth-order valence-electron chi connectivity index (χ4n) is 3.78. The molecule has 2 aliphatic heterocycles. The van der Waals surface area contributed by atoms with E-state index in [0.717, 1.165) is 50.2 Å². The van der Waals surface area contributed by atoms with Crippen LogP contribution in [0.2, 0.25) is 0 Å². The third-order valence-electron chi connectivity index (χ3n) is 5.15. The van der Waals surface area contributed by atoms with Gasteiger partial charge in [-0.2, -0.15) is 0 Å². The second-order valence-electron chi connectivity index (χ2n) is 6.97. The number of aromatic nitrogens is 1. The second kappa shape index (κ2) is 6.84. The zero-order chi connectivity index (χ0) is 17.1. The fraction of sp³-hybridized carbons (Fsp3) is 0.400. The number of carbonyl (C=O) groups excluding carboxylic acids is 1. The van der Waals surface area contributed by atoms with Crippen molar-refractivity contribution in [3.63, 3.8) is 0 Å². The van der Waals surface area contributed by atoms with Crippen LogP contribution < -0.4 is 5.32 Å². The first-order chi connectivity index (χ1) is 12.2. The van der Waals surface area contributed by atoms with Crippen LogP contribution in [0.4, 0.5) is 4.79 Å². The Balaban J connectivity index is 1.43. The van der Waals surface area contributed by atoms with Crippen LogP contribution in [-0.2, 0) is 11.3 Å². The van der Waals surface area contributed by atoms with Gasteiger partial charge in [0.25, 0.3) is 0 Å². The lowest BCUT2D eigenvalue weighted by molar-refractivity contribution is 0.0443. The molecule has 4 rings (SSSR count). The molecular weight excluding hydrogens is 314 g/mol. The summed E-state index contributed by atoms with van der Waals surface area (Å²) in [5.74, 6) is 0. The van der Waals surface area contributed by atoms with Crippen LogP contribution in [0.15, 0.2) is 48.7 Å². The van der Waals surface area contributed by atoms with Gasteiger partial charge in [-0.25, -0.2) is 4.79 Å². The number of benzene rings is 1. The van der Waals surface area contributed by atoms with Crippen molar-refractivity contribution in [1.82, 2.24) is 15.2 Å². The van der Waals surface area contributed by atoms with Gasteiger partial charge in [-0.05, 0) is 43.1 Å². The van der Waals surface area contributed by atoms with Gasteiger partial charge in [0.15, 0.2) is 0 Å². The zero-order valence-electron chi connectivity index (χ0n) is 14.3. The SMILES string of the molecule is O=C1NCC2(CCCN(Cc3cccc(-c4ccccn4)c3)CC2)O1. The van der Waals surface area contributed by atoms with E-state index in [2.05, 4.69) is 39.5 Å². The molecule has 1 amide bonds. The smallest absolute Gasteiger partial charge is 0.407 e. The first kappa shape index (κ1) is 16.1. The monoisotopic (exact) mass is 337 g/mol. The van der Waals surface area contributed by atoms with Crippen molar-refractivity contribution in [2.75, 3.05) is 19.6 Å². The Bertz CT molecular complexity index is 750. The molecule has 5 nitrogen and oxygen atoms in total. The molecular formula is C20H23N3O2. The van der Waals surface area contributed by atoms with Crippen LogP contribution in [0.3, 0.4) is 0 Å². The third-order valence-corrected chi connectivity index (χ3v) is 5.15. The van der Waals surface area contributed by atoms with Crippen LogP contribution in [-0.4, -0.2) is 41.2 Å². The molecule has 0 saturated carbocycles. The molecule has 1 N–H and O–H groups in total. The summed E-state index contributed by atoms with van der Waals surface area (Å²) in [6.45, 7) is 3.54. The maximum Gasteiger partial charge on any atom is 0.407 e. The predicted molar refractivity (Wildman–Crippen MR) is 96.0 cm³/mol. The molecule has 1 aromatic carbocycles. The summed E-state index contributed by atoms with van der Waals surface area (Å²) in [4.78, 5) is 18.3. The highest BCUT2D eigenvalue weighted by molar-refractivity contribution is 5.70. The van der Waals surface area contributed by atoms with E-state index in [4.69, 9.17) is 4.74 Å². The van der Waals surface area contributed by atoms with Crippen LogP contribution in [0.25, 0.3) is 11.3 Å². The van der Waals surface area contributed by atoms with Gasteiger partial charge in [0.05, 0.1) is 12.2 Å². The maximum absolute atomic E-state index is 11.4. The molecule has 5 heteroatoms. The van der Waals surface area contributed by atoms with Crippen LogP contribution in [0.1, 0.15) is 24.8 Å². The highest BCUT2D eigenvalue weighted by Crippen LogP contribution is 2.30. The molecule has 25 heavy (non-hydrogen) atoms. The summed E-state index contributed by atoms with van der Waals surface area (Å²) in [7, 11) is 0. The van der Waals surface area contributed by atoms with Gasteiger partial charge in [0.1, 0.15) is 5.60 Å². The minimum absolute atomic E-state index is 0.267. The molecule has 2 fully saturated rings. The Morgan fingerprint density at radius 3 is 2.92 bits per heavy atom. The lowest BCUT2D eigenvalue weighted by atomic mass is 9.95. The molecule has 1 atom stereocenters. The lowest BCUT2D eigenvalue weighted by Gasteiger charge is -2.25. The molecule has 130 valence electrons. The standard InChI is InChI=1S/C20H23N3O2/c24-19-22-15-20(25-19)8-4-11-23(12-9-20)14-16-5-3-6-17(13-16)18-7-1-2-10-21-18/h1-3,5-7,10,13H,4,8-9,11-12,14-15H2,(H,22,24). The molecule has 1 spiro atoms. The number of nitrogens with one attached hydrogen (secondary N) is 1. The lowest BCUT2D eigenvalue weighted by Crippen LogP contribution is -2.34. The largest absolute Gasteiger partial charge is 0.441 e. The number of amides is 1. The first-order valence-electron chi connectivity index (χ1n) is 8.92. The Kier molecular flexibility index (Phi) is 4.40. The van der Waals surface area contributed by atoms with Gasteiger partial charge in [0, 0.05) is 31.3 Å². The van der Waals surface area contributed by atoms with Crippen molar-refractivity contribution in [2.24, 2.45) is 0 Å². The van der Waals surface area contributed by atoms with Gasteiger partial charge < -0.3 is 10.1 Å². The minimum Gasteiger partial charge on any atom is -0.441 e. The van der Waals surface area contributed by atoms with Crippen molar-refractivity contribution < 1.29 is 9.53 Å². The van der Waals surface area contributed by atoms with E-state index in [0.29, 0.717) is 6.54 Å². The average molecular weight is 337 g/mol. The average Bonchev–Trinajstić information content (AvgIpc) is 2.90. The van der Waals surface area contributed by atoms with Crippen molar-refractivity contribution in [2.45, 2.75) is 31.4 Å². The number of hydrogen-bond donors (Lipinski definition) is 1. The minimum atomic E-state index is -0.290. The van der Waals surface area contributed by atoms with Crippen molar-refractivity contribution in [3.05, 3.63) is 54.2 Å². The normalized spacial score (nSPS) is 23.9.